The van der Waals surface area contributed by atoms with Crippen LogP contribution >= 0.6 is 22.9 Å². The lowest BCUT2D eigenvalue weighted by Crippen LogP contribution is -2.00. The highest BCUT2D eigenvalue weighted by atomic mass is 35.5. The second-order valence-corrected chi connectivity index (χ2v) is 4.74. The molecule has 0 aromatic carbocycles. The second-order valence-electron chi connectivity index (χ2n) is 3.35. The van der Waals surface area contributed by atoms with Crippen LogP contribution in [0.25, 0.3) is 0 Å². The minimum atomic E-state index is -4.41. The molecule has 0 saturated heterocycles. The van der Waals surface area contributed by atoms with Gasteiger partial charge in [-0.15, -0.1) is 0 Å². The first-order valence-corrected chi connectivity index (χ1v) is 6.07. The van der Waals surface area contributed by atoms with Gasteiger partial charge < -0.3 is 4.74 Å². The number of carbonyl (C=O) groups excluding carboxylic acids is 1. The van der Waals surface area contributed by atoms with Crippen LogP contribution in [-0.4, -0.2) is 10.2 Å². The van der Waals surface area contributed by atoms with Crippen molar-refractivity contribution in [2.24, 2.45) is 0 Å². The van der Waals surface area contributed by atoms with Gasteiger partial charge in [-0.05, 0) is 29.8 Å². The molecule has 0 unspecified atom stereocenters. The van der Waals surface area contributed by atoms with Crippen molar-refractivity contribution in [3.05, 3.63) is 40.9 Å². The summed E-state index contributed by atoms with van der Waals surface area (Å²) >= 11 is 5.68. The summed E-state index contributed by atoms with van der Waals surface area (Å²) in [4.78, 5) is 13.9. The molecule has 3 nitrogen and oxygen atoms in total. The van der Waals surface area contributed by atoms with Gasteiger partial charge in [-0.1, -0.05) is 17.4 Å². The first-order chi connectivity index (χ1) is 8.86. The number of hydrogen-bond acceptors (Lipinski definition) is 4. The molecule has 0 atom stereocenters. The molecule has 2 aromatic rings. The number of nitrogens with zero attached hydrogens (tertiary/aromatic N) is 1. The Bertz CT molecular complexity index is 612. The summed E-state index contributed by atoms with van der Waals surface area (Å²) in [5.41, 5.74) is -0.0354. The number of alkyl halides is 3. The smallest absolute Gasteiger partial charge is 0.425 e. The standard InChI is InChI=1S/C11H5ClF3NO2S/c12-10(17)6-2-1-3-8(16-6)18-9-5-4-7(19-9)11(13,14)15/h1-5H. The maximum Gasteiger partial charge on any atom is 0.425 e. The Morgan fingerprint density at radius 2 is 2.00 bits per heavy atom. The van der Waals surface area contributed by atoms with E-state index in [1.807, 2.05) is 0 Å². The number of thiophene rings is 1. The van der Waals surface area contributed by atoms with E-state index < -0.39 is 16.3 Å². The van der Waals surface area contributed by atoms with E-state index >= 15 is 0 Å². The molecule has 8 heteroatoms. The first kappa shape index (κ1) is 13.8. The van der Waals surface area contributed by atoms with Gasteiger partial charge in [0.25, 0.3) is 5.24 Å². The molecule has 0 amide bonds. The van der Waals surface area contributed by atoms with Gasteiger partial charge in [0.2, 0.25) is 5.88 Å². The van der Waals surface area contributed by atoms with Crippen molar-refractivity contribution in [2.45, 2.75) is 6.18 Å². The van der Waals surface area contributed by atoms with E-state index in [-0.39, 0.29) is 16.6 Å². The fourth-order valence-corrected chi connectivity index (χ4v) is 2.05. The highest BCUT2D eigenvalue weighted by molar-refractivity contribution is 7.13. The van der Waals surface area contributed by atoms with Gasteiger partial charge in [0.05, 0.1) is 0 Å². The van der Waals surface area contributed by atoms with Crippen molar-refractivity contribution in [1.82, 2.24) is 4.98 Å². The number of rotatable bonds is 3. The predicted molar refractivity (Wildman–Crippen MR) is 63.8 cm³/mol. The zero-order valence-corrected chi connectivity index (χ0v) is 10.6. The fraction of sp³-hybridized carbons (Fsp3) is 0.0909. The van der Waals surface area contributed by atoms with Crippen LogP contribution in [0.4, 0.5) is 13.2 Å². The summed E-state index contributed by atoms with van der Waals surface area (Å²) in [7, 11) is 0. The maximum atomic E-state index is 12.4. The molecular formula is C11H5ClF3NO2S. The van der Waals surface area contributed by atoms with Crippen LogP contribution in [0, 0.1) is 0 Å². The molecule has 2 aromatic heterocycles. The van der Waals surface area contributed by atoms with Gasteiger partial charge in [0.1, 0.15) is 10.6 Å². The molecule has 0 N–H and O–H groups in total. The van der Waals surface area contributed by atoms with Crippen LogP contribution in [0.2, 0.25) is 0 Å². The molecular weight excluding hydrogens is 303 g/mol. The molecule has 0 aliphatic heterocycles. The van der Waals surface area contributed by atoms with Gasteiger partial charge in [-0.2, -0.15) is 13.2 Å². The van der Waals surface area contributed by atoms with Crippen LogP contribution in [0.1, 0.15) is 15.4 Å². The summed E-state index contributed by atoms with van der Waals surface area (Å²) in [6.07, 6.45) is -4.41. The van der Waals surface area contributed by atoms with Crippen molar-refractivity contribution in [2.75, 3.05) is 0 Å². The lowest BCUT2D eigenvalue weighted by Gasteiger charge is -2.03. The number of carbonyl (C=O) groups is 1. The van der Waals surface area contributed by atoms with Gasteiger partial charge >= 0.3 is 6.18 Å². The monoisotopic (exact) mass is 307 g/mol. The average molecular weight is 308 g/mol. The van der Waals surface area contributed by atoms with E-state index in [9.17, 15) is 18.0 Å². The Hall–Kier alpha value is -1.60. The van der Waals surface area contributed by atoms with Crippen molar-refractivity contribution < 1.29 is 22.7 Å². The van der Waals surface area contributed by atoms with Crippen LogP contribution in [-0.2, 0) is 6.18 Å². The number of halogens is 4. The first-order valence-electron chi connectivity index (χ1n) is 4.88. The number of hydrogen-bond donors (Lipinski definition) is 0. The molecule has 0 saturated carbocycles. The van der Waals surface area contributed by atoms with E-state index in [2.05, 4.69) is 4.98 Å². The highest BCUT2D eigenvalue weighted by Crippen LogP contribution is 2.38. The molecule has 0 radical (unpaired) electrons. The summed E-state index contributed by atoms with van der Waals surface area (Å²) < 4.78 is 42.3. The summed E-state index contributed by atoms with van der Waals surface area (Å²) in [5.74, 6) is 0.00192. The van der Waals surface area contributed by atoms with Crippen LogP contribution < -0.4 is 4.74 Å². The van der Waals surface area contributed by atoms with E-state index in [0.29, 0.717) is 11.3 Å². The third kappa shape index (κ3) is 3.45. The number of pyridine rings is 1. The fourth-order valence-electron chi connectivity index (χ4n) is 1.21. The zero-order chi connectivity index (χ0) is 14.0. The summed E-state index contributed by atoms with van der Waals surface area (Å²) in [6.45, 7) is 0. The minimum absolute atomic E-state index is 0.00192. The molecule has 0 aliphatic rings. The molecule has 19 heavy (non-hydrogen) atoms. The molecule has 2 heterocycles. The van der Waals surface area contributed by atoms with Crippen molar-refractivity contribution in [1.29, 1.82) is 0 Å². The molecule has 0 spiro atoms. The normalized spacial score (nSPS) is 11.4. The van der Waals surface area contributed by atoms with E-state index in [1.165, 1.54) is 24.3 Å². The third-order valence-corrected chi connectivity index (χ3v) is 3.19. The van der Waals surface area contributed by atoms with E-state index in [4.69, 9.17) is 16.3 Å². The van der Waals surface area contributed by atoms with Gasteiger partial charge in [0, 0.05) is 6.07 Å². The Labute approximate surface area is 114 Å². The Morgan fingerprint density at radius 3 is 2.58 bits per heavy atom. The van der Waals surface area contributed by atoms with Crippen molar-refractivity contribution in [3.8, 4) is 10.9 Å². The minimum Gasteiger partial charge on any atom is -0.428 e. The molecule has 0 fully saturated rings. The Morgan fingerprint density at radius 1 is 1.26 bits per heavy atom. The maximum absolute atomic E-state index is 12.4. The Balaban J connectivity index is 2.19. The Kier molecular flexibility index (Phi) is 3.77. The largest absolute Gasteiger partial charge is 0.428 e. The van der Waals surface area contributed by atoms with E-state index in [0.717, 1.165) is 6.07 Å². The lowest BCUT2D eigenvalue weighted by molar-refractivity contribution is -0.134. The second kappa shape index (κ2) is 5.18. The van der Waals surface area contributed by atoms with Gasteiger partial charge in [0.15, 0.2) is 5.06 Å². The quantitative estimate of drug-likeness (QED) is 0.792. The average Bonchev–Trinajstić information content (AvgIpc) is 2.77. The zero-order valence-electron chi connectivity index (χ0n) is 9.07. The molecule has 0 bridgehead atoms. The predicted octanol–water partition coefficient (Wildman–Crippen LogP) is 4.33. The number of ether oxygens (including phenoxy) is 1. The summed E-state index contributed by atoms with van der Waals surface area (Å²) in [6, 6.07) is 6.35. The van der Waals surface area contributed by atoms with E-state index in [1.54, 1.807) is 0 Å². The van der Waals surface area contributed by atoms with Crippen molar-refractivity contribution >= 4 is 28.2 Å². The van der Waals surface area contributed by atoms with Crippen LogP contribution in [0.5, 0.6) is 10.9 Å². The van der Waals surface area contributed by atoms with Crippen LogP contribution in [0.15, 0.2) is 30.3 Å². The molecule has 2 rings (SSSR count). The third-order valence-electron chi connectivity index (χ3n) is 1.99. The number of aromatic nitrogens is 1. The highest BCUT2D eigenvalue weighted by Gasteiger charge is 2.32. The van der Waals surface area contributed by atoms with Crippen molar-refractivity contribution in [3.63, 3.8) is 0 Å². The topological polar surface area (TPSA) is 39.2 Å². The SMILES string of the molecule is O=C(Cl)c1cccc(Oc2ccc(C(F)(F)F)s2)n1. The summed E-state index contributed by atoms with van der Waals surface area (Å²) in [5, 5.41) is -0.744. The van der Waals surface area contributed by atoms with Gasteiger partial charge in [-0.25, -0.2) is 4.98 Å². The molecule has 100 valence electrons. The molecule has 0 aliphatic carbocycles. The van der Waals surface area contributed by atoms with Crippen LogP contribution in [0.3, 0.4) is 0 Å². The lowest BCUT2D eigenvalue weighted by atomic mass is 10.4. The van der Waals surface area contributed by atoms with Gasteiger partial charge in [-0.3, -0.25) is 4.79 Å².